The van der Waals surface area contributed by atoms with Crippen LogP contribution in [0.25, 0.3) is 0 Å². The van der Waals surface area contributed by atoms with Crippen LogP contribution in [-0.4, -0.2) is 34.4 Å². The molecule has 0 rings (SSSR count). The quantitative estimate of drug-likeness (QED) is 0.265. The molecule has 0 heterocycles. The lowest BCUT2D eigenvalue weighted by Crippen LogP contribution is -2.25. The Hall–Kier alpha value is -0.713. The minimum atomic E-state index is -1.20. The molecule has 0 spiro atoms. The van der Waals surface area contributed by atoms with Gasteiger partial charge in [-0.15, -0.1) is 0 Å². The molecule has 0 fully saturated rings. The molecule has 19 heavy (non-hydrogen) atoms. The number of rotatable bonds is 10. The van der Waals surface area contributed by atoms with Crippen molar-refractivity contribution in [2.24, 2.45) is 0 Å². The first-order valence-electron chi connectivity index (χ1n) is 6.69. The Bertz CT molecular complexity index is 316. The summed E-state index contributed by atoms with van der Waals surface area (Å²) in [5, 5.41) is 0. The third-order valence-electron chi connectivity index (χ3n) is 2.62. The topological polar surface area (TPSA) is 35.5 Å². The van der Waals surface area contributed by atoms with Crippen molar-refractivity contribution in [1.29, 1.82) is 0 Å². The smallest absolute Gasteiger partial charge is 0.147 e. The van der Waals surface area contributed by atoms with Crippen LogP contribution in [0.5, 0.6) is 0 Å². The number of hydrogen-bond donors (Lipinski definition) is 0. The summed E-state index contributed by atoms with van der Waals surface area (Å²) in [6, 6.07) is 1.03. The number of hydrogen-bond acceptors (Lipinski definition) is 3. The summed E-state index contributed by atoms with van der Waals surface area (Å²) in [5.41, 5.74) is 2.26. The van der Waals surface area contributed by atoms with Crippen LogP contribution < -0.4 is 0 Å². The molecule has 0 saturated carbocycles. The lowest BCUT2D eigenvalue weighted by Gasteiger charge is -2.23. The minimum absolute atomic E-state index is 0.113. The summed E-state index contributed by atoms with van der Waals surface area (Å²) in [6.45, 7) is 13.4. The van der Waals surface area contributed by atoms with Gasteiger partial charge in [0.25, 0.3) is 0 Å². The van der Waals surface area contributed by atoms with Crippen molar-refractivity contribution < 1.29 is 14.3 Å². The van der Waals surface area contributed by atoms with E-state index in [9.17, 15) is 4.79 Å². The highest BCUT2D eigenvalue weighted by Gasteiger charge is 2.19. The highest BCUT2D eigenvalue weighted by atomic mass is 28.3. The van der Waals surface area contributed by atoms with E-state index < -0.39 is 8.07 Å². The second-order valence-electron chi connectivity index (χ2n) is 6.11. The Morgan fingerprint density at radius 1 is 1.37 bits per heavy atom. The summed E-state index contributed by atoms with van der Waals surface area (Å²) >= 11 is 0. The van der Waals surface area contributed by atoms with Crippen molar-refractivity contribution in [3.63, 3.8) is 0 Å². The molecule has 0 aromatic rings. The van der Waals surface area contributed by atoms with Crippen LogP contribution >= 0.6 is 0 Å². The molecule has 0 radical (unpaired) electrons. The molecule has 0 aromatic carbocycles. The largest absolute Gasteiger partial charge is 0.359 e. The summed E-state index contributed by atoms with van der Waals surface area (Å²) in [5.74, 6) is 0. The number of carbonyl (C=O) groups is 1. The molecule has 0 aliphatic carbocycles. The Morgan fingerprint density at radius 2 is 2.00 bits per heavy atom. The van der Waals surface area contributed by atoms with E-state index in [-0.39, 0.29) is 12.9 Å². The fourth-order valence-corrected chi connectivity index (χ4v) is 3.40. The molecule has 0 N–H and O–H groups in total. The van der Waals surface area contributed by atoms with Crippen LogP contribution in [0.4, 0.5) is 0 Å². The normalized spacial score (nSPS) is 14.3. The average Bonchev–Trinajstić information content (AvgIpc) is 2.29. The first-order chi connectivity index (χ1) is 8.80. The molecule has 0 aliphatic heterocycles. The van der Waals surface area contributed by atoms with E-state index in [1.807, 2.05) is 6.92 Å². The molecule has 0 bridgehead atoms. The standard InChI is InChI=1S/C15H28O3Si/c1-13(8-7-9-16)10-15(18-12-17-3)14(2)11-19(4,5)6/h9-10,15H,2,7-8,11-12H2,1,3-6H3/b13-10+. The fourth-order valence-electron chi connectivity index (χ4n) is 1.84. The van der Waals surface area contributed by atoms with Crippen molar-refractivity contribution in [3.05, 3.63) is 23.8 Å². The monoisotopic (exact) mass is 284 g/mol. The Morgan fingerprint density at radius 3 is 2.47 bits per heavy atom. The highest BCUT2D eigenvalue weighted by molar-refractivity contribution is 6.76. The van der Waals surface area contributed by atoms with Gasteiger partial charge >= 0.3 is 0 Å². The van der Waals surface area contributed by atoms with Crippen molar-refractivity contribution in [2.45, 2.75) is 51.6 Å². The van der Waals surface area contributed by atoms with E-state index in [0.717, 1.165) is 29.9 Å². The van der Waals surface area contributed by atoms with Crippen LogP contribution in [0.3, 0.4) is 0 Å². The Kier molecular flexibility index (Phi) is 8.89. The lowest BCUT2D eigenvalue weighted by atomic mass is 10.1. The van der Waals surface area contributed by atoms with Gasteiger partial charge in [0, 0.05) is 21.6 Å². The molecule has 110 valence electrons. The van der Waals surface area contributed by atoms with E-state index in [0.29, 0.717) is 6.42 Å². The van der Waals surface area contributed by atoms with Gasteiger partial charge in [-0.2, -0.15) is 0 Å². The average molecular weight is 284 g/mol. The summed E-state index contributed by atoms with van der Waals surface area (Å²) < 4.78 is 10.7. The zero-order valence-electron chi connectivity index (χ0n) is 13.0. The van der Waals surface area contributed by atoms with Gasteiger partial charge in [0.2, 0.25) is 0 Å². The predicted octanol–water partition coefficient (Wildman–Crippen LogP) is 3.80. The number of carbonyl (C=O) groups excluding carboxylic acids is 1. The van der Waals surface area contributed by atoms with Gasteiger partial charge in [-0.25, -0.2) is 0 Å². The molecular weight excluding hydrogens is 256 g/mol. The molecule has 0 saturated heterocycles. The first kappa shape index (κ1) is 18.3. The molecule has 4 heteroatoms. The van der Waals surface area contributed by atoms with E-state index in [2.05, 4.69) is 32.3 Å². The molecular formula is C15H28O3Si. The third-order valence-corrected chi connectivity index (χ3v) is 4.13. The zero-order valence-corrected chi connectivity index (χ0v) is 14.0. The first-order valence-corrected chi connectivity index (χ1v) is 10.4. The maximum absolute atomic E-state index is 10.4. The summed E-state index contributed by atoms with van der Waals surface area (Å²) in [4.78, 5) is 10.4. The molecule has 0 aromatic heterocycles. The lowest BCUT2D eigenvalue weighted by molar-refractivity contribution is -0.107. The van der Waals surface area contributed by atoms with Gasteiger partial charge < -0.3 is 14.3 Å². The van der Waals surface area contributed by atoms with E-state index >= 15 is 0 Å². The maximum atomic E-state index is 10.4. The van der Waals surface area contributed by atoms with Gasteiger partial charge in [0.15, 0.2) is 0 Å². The van der Waals surface area contributed by atoms with E-state index in [1.54, 1.807) is 7.11 Å². The van der Waals surface area contributed by atoms with E-state index in [1.165, 1.54) is 0 Å². The summed E-state index contributed by atoms with van der Waals surface area (Å²) in [6.07, 6.45) is 4.22. The Labute approximate surface area is 118 Å². The number of methoxy groups -OCH3 is 1. The van der Waals surface area contributed by atoms with Gasteiger partial charge in [-0.3, -0.25) is 0 Å². The maximum Gasteiger partial charge on any atom is 0.147 e. The van der Waals surface area contributed by atoms with Crippen molar-refractivity contribution in [1.82, 2.24) is 0 Å². The van der Waals surface area contributed by atoms with Crippen molar-refractivity contribution in [2.75, 3.05) is 13.9 Å². The molecule has 0 aliphatic rings. The molecule has 1 unspecified atom stereocenters. The third kappa shape index (κ3) is 9.82. The van der Waals surface area contributed by atoms with E-state index in [4.69, 9.17) is 9.47 Å². The van der Waals surface area contributed by atoms with Crippen LogP contribution in [0.1, 0.15) is 19.8 Å². The Balaban J connectivity index is 4.69. The highest BCUT2D eigenvalue weighted by Crippen LogP contribution is 2.21. The van der Waals surface area contributed by atoms with Crippen molar-refractivity contribution >= 4 is 14.4 Å². The molecule has 3 nitrogen and oxygen atoms in total. The summed E-state index contributed by atoms with van der Waals surface area (Å²) in [7, 11) is 0.408. The number of ether oxygens (including phenoxy) is 2. The van der Waals surface area contributed by atoms with Crippen LogP contribution in [0.2, 0.25) is 25.7 Å². The van der Waals surface area contributed by atoms with Gasteiger partial charge in [-0.1, -0.05) is 37.9 Å². The van der Waals surface area contributed by atoms with Crippen LogP contribution in [0, 0.1) is 0 Å². The minimum Gasteiger partial charge on any atom is -0.359 e. The van der Waals surface area contributed by atoms with Gasteiger partial charge in [-0.05, 0) is 25.0 Å². The van der Waals surface area contributed by atoms with Gasteiger partial charge in [0.05, 0.1) is 6.10 Å². The molecule has 1 atom stereocenters. The molecule has 0 amide bonds. The number of aldehydes is 1. The predicted molar refractivity (Wildman–Crippen MR) is 83.1 cm³/mol. The number of allylic oxidation sites excluding steroid dienone is 1. The SMILES string of the molecule is C=C(C[Si](C)(C)C)C(/C=C(\C)CCC=O)OCOC. The van der Waals surface area contributed by atoms with Gasteiger partial charge in [0.1, 0.15) is 13.1 Å². The van der Waals surface area contributed by atoms with Crippen LogP contribution in [0.15, 0.2) is 23.8 Å². The van der Waals surface area contributed by atoms with Crippen LogP contribution in [-0.2, 0) is 14.3 Å². The second-order valence-corrected chi connectivity index (χ2v) is 11.6. The second kappa shape index (κ2) is 9.23. The fraction of sp³-hybridized carbons (Fsp3) is 0.667. The zero-order chi connectivity index (χ0) is 14.9. The van der Waals surface area contributed by atoms with Crippen molar-refractivity contribution in [3.8, 4) is 0 Å².